The number of hydrogen-bond donors (Lipinski definition) is 2. The smallest absolute Gasteiger partial charge is 0.236 e. The molecular formula is C35H51N3O3. The van der Waals surface area contributed by atoms with Crippen molar-refractivity contribution >= 4 is 22.4 Å². The molecule has 6 nitrogen and oxygen atoms in total. The van der Waals surface area contributed by atoms with Crippen LogP contribution in [0.5, 0.6) is 0 Å². The predicted molar refractivity (Wildman–Crippen MR) is 170 cm³/mol. The third kappa shape index (κ3) is 7.40. The fourth-order valence-electron chi connectivity index (χ4n) is 6.25. The molecule has 4 rings (SSSR count). The van der Waals surface area contributed by atoms with Gasteiger partial charge in [-0.25, -0.2) is 0 Å². The van der Waals surface area contributed by atoms with E-state index in [9.17, 15) is 9.90 Å². The molecule has 2 aromatic rings. The Morgan fingerprint density at radius 1 is 1.12 bits per heavy atom. The summed E-state index contributed by atoms with van der Waals surface area (Å²) in [7, 11) is 0. The van der Waals surface area contributed by atoms with Gasteiger partial charge in [0.1, 0.15) is 0 Å². The van der Waals surface area contributed by atoms with Crippen LogP contribution in [0.25, 0.3) is 16.5 Å². The number of carbonyl (C=O) groups excluding carboxylic acids is 1. The number of benzene rings is 1. The number of amides is 1. The van der Waals surface area contributed by atoms with Crippen LogP contribution in [0.3, 0.4) is 0 Å². The summed E-state index contributed by atoms with van der Waals surface area (Å²) in [6.07, 6.45) is 7.65. The van der Waals surface area contributed by atoms with E-state index in [0.717, 1.165) is 32.4 Å². The highest BCUT2D eigenvalue weighted by Gasteiger charge is 2.29. The molecule has 1 aromatic heterocycles. The Bertz CT molecular complexity index is 1300. The van der Waals surface area contributed by atoms with Gasteiger partial charge in [-0.3, -0.25) is 9.69 Å². The number of nitrogens with one attached hydrogen (secondary N) is 1. The van der Waals surface area contributed by atoms with Gasteiger partial charge in [-0.15, -0.1) is 0 Å². The van der Waals surface area contributed by atoms with E-state index in [0.29, 0.717) is 38.1 Å². The normalized spacial score (nSPS) is 20.1. The molecular weight excluding hydrogens is 510 g/mol. The number of rotatable bonds is 9. The molecule has 224 valence electrons. The summed E-state index contributed by atoms with van der Waals surface area (Å²) in [6, 6.07) is 6.86. The van der Waals surface area contributed by atoms with Crippen LogP contribution in [0, 0.1) is 0 Å². The minimum absolute atomic E-state index is 0.0252. The first kappa shape index (κ1) is 31.3. The van der Waals surface area contributed by atoms with Crippen molar-refractivity contribution in [2.75, 3.05) is 46.0 Å². The Morgan fingerprint density at radius 2 is 1.85 bits per heavy atom. The van der Waals surface area contributed by atoms with Gasteiger partial charge in [-0.2, -0.15) is 0 Å². The zero-order valence-corrected chi connectivity index (χ0v) is 26.3. The number of ether oxygens (including phenoxy) is 1. The molecule has 0 bridgehead atoms. The van der Waals surface area contributed by atoms with E-state index < -0.39 is 0 Å². The molecule has 0 saturated carbocycles. The van der Waals surface area contributed by atoms with Gasteiger partial charge in [0, 0.05) is 36.2 Å². The number of aliphatic hydroxyl groups excluding tert-OH is 1. The van der Waals surface area contributed by atoms with Crippen molar-refractivity contribution in [3.63, 3.8) is 0 Å². The predicted octanol–water partition coefficient (Wildman–Crippen LogP) is 6.79. The zero-order chi connectivity index (χ0) is 29.7. The average molecular weight is 562 g/mol. The second-order valence-electron chi connectivity index (χ2n) is 12.5. The number of aromatic amines is 1. The molecule has 3 heterocycles. The minimum atomic E-state index is -0.0824. The van der Waals surface area contributed by atoms with Crippen molar-refractivity contribution in [1.29, 1.82) is 0 Å². The lowest BCUT2D eigenvalue weighted by Gasteiger charge is -2.37. The van der Waals surface area contributed by atoms with E-state index in [1.165, 1.54) is 50.0 Å². The van der Waals surface area contributed by atoms with Gasteiger partial charge in [0.05, 0.1) is 32.4 Å². The third-order valence-corrected chi connectivity index (χ3v) is 8.97. The number of likely N-dealkylation sites (tertiary alicyclic amines) is 1. The minimum Gasteiger partial charge on any atom is -0.395 e. The van der Waals surface area contributed by atoms with Gasteiger partial charge in [0.15, 0.2) is 0 Å². The highest BCUT2D eigenvalue weighted by molar-refractivity contribution is 5.92. The molecule has 0 unspecified atom stereocenters. The molecule has 0 radical (unpaired) electrons. The standard InChI is InChI=1S/C35H51N3O3/c1-8-25(6)26(7)18-29(17-23(2)3)35-34(24(4)5)31-19-28(9-10-32(31)36-35)27-11-13-37(14-12-27)33(40)20-38-15-16-41-22-30(38)21-39/h9-10,17-19,24,27,30,36,39H,8,11-16,20-22H2,1-7H3/b26-25+,29-18+/t30-/m1/s1. The number of aliphatic hydroxyl groups is 1. The molecule has 41 heavy (non-hydrogen) atoms. The number of H-pyrrole nitrogens is 1. The number of fused-ring (bicyclic) bond motifs is 1. The zero-order valence-electron chi connectivity index (χ0n) is 26.3. The van der Waals surface area contributed by atoms with Crippen LogP contribution < -0.4 is 0 Å². The van der Waals surface area contributed by atoms with Crippen LogP contribution in [0.4, 0.5) is 0 Å². The number of carbonyl (C=O) groups is 1. The summed E-state index contributed by atoms with van der Waals surface area (Å²) in [5, 5.41) is 11.0. The summed E-state index contributed by atoms with van der Waals surface area (Å²) in [6.45, 7) is 19.3. The maximum absolute atomic E-state index is 13.1. The van der Waals surface area contributed by atoms with E-state index in [4.69, 9.17) is 4.74 Å². The molecule has 2 saturated heterocycles. The maximum Gasteiger partial charge on any atom is 0.236 e. The highest BCUT2D eigenvalue weighted by atomic mass is 16.5. The maximum atomic E-state index is 13.1. The Balaban J connectivity index is 1.56. The molecule has 0 spiro atoms. The number of aromatic nitrogens is 1. The topological polar surface area (TPSA) is 68.8 Å². The second-order valence-corrected chi connectivity index (χ2v) is 12.5. The van der Waals surface area contributed by atoms with Gasteiger partial charge in [0.25, 0.3) is 0 Å². The number of nitrogens with zero attached hydrogens (tertiary/aromatic N) is 2. The summed E-state index contributed by atoms with van der Waals surface area (Å²) in [4.78, 5) is 21.0. The lowest BCUT2D eigenvalue weighted by Crippen LogP contribution is -2.52. The van der Waals surface area contributed by atoms with E-state index >= 15 is 0 Å². The van der Waals surface area contributed by atoms with Gasteiger partial charge >= 0.3 is 0 Å². The lowest BCUT2D eigenvalue weighted by molar-refractivity contribution is -0.136. The highest BCUT2D eigenvalue weighted by Crippen LogP contribution is 2.38. The Hall–Kier alpha value is -2.67. The fourth-order valence-corrected chi connectivity index (χ4v) is 6.25. The first-order valence-corrected chi connectivity index (χ1v) is 15.5. The summed E-state index contributed by atoms with van der Waals surface area (Å²) < 4.78 is 5.47. The van der Waals surface area contributed by atoms with Gasteiger partial charge in [0.2, 0.25) is 5.91 Å². The van der Waals surface area contributed by atoms with Crippen molar-refractivity contribution in [2.45, 2.75) is 85.6 Å². The van der Waals surface area contributed by atoms with E-state index in [1.807, 2.05) is 4.90 Å². The monoisotopic (exact) mass is 561 g/mol. The summed E-state index contributed by atoms with van der Waals surface area (Å²) >= 11 is 0. The molecule has 2 aliphatic rings. The van der Waals surface area contributed by atoms with Gasteiger partial charge in [-0.1, -0.05) is 55.7 Å². The average Bonchev–Trinajstić information content (AvgIpc) is 3.35. The third-order valence-electron chi connectivity index (χ3n) is 8.97. The molecule has 1 amide bonds. The molecule has 2 aliphatic heterocycles. The molecule has 1 atom stereocenters. The first-order valence-electron chi connectivity index (χ1n) is 15.5. The van der Waals surface area contributed by atoms with Gasteiger partial charge < -0.3 is 19.7 Å². The SMILES string of the molecule is CC/C(C)=C(C)/C=C(\C=C(C)C)c1[nH]c2ccc(C3CCN(C(=O)CN4CCOC[C@H]4CO)CC3)cc2c1C(C)C. The van der Waals surface area contributed by atoms with Crippen LogP contribution in [0.1, 0.15) is 96.4 Å². The molecule has 2 fully saturated rings. The Labute approximate surface area is 247 Å². The first-order chi connectivity index (χ1) is 19.6. The van der Waals surface area contributed by atoms with Crippen LogP contribution in [-0.4, -0.2) is 77.8 Å². The Kier molecular flexibility index (Phi) is 10.7. The largest absolute Gasteiger partial charge is 0.395 e. The number of allylic oxidation sites excluding steroid dienone is 6. The summed E-state index contributed by atoms with van der Waals surface area (Å²) in [5.74, 6) is 0.986. The molecule has 6 heteroatoms. The van der Waals surface area contributed by atoms with E-state index in [2.05, 4.69) is 88.7 Å². The molecule has 2 N–H and O–H groups in total. The fraction of sp³-hybridized carbons (Fsp3) is 0.571. The van der Waals surface area contributed by atoms with Crippen molar-refractivity contribution in [1.82, 2.24) is 14.8 Å². The summed E-state index contributed by atoms with van der Waals surface area (Å²) in [5.41, 5.74) is 10.4. The van der Waals surface area contributed by atoms with Crippen LogP contribution >= 0.6 is 0 Å². The number of hydrogen-bond acceptors (Lipinski definition) is 4. The van der Waals surface area contributed by atoms with E-state index in [-0.39, 0.29) is 18.6 Å². The van der Waals surface area contributed by atoms with Crippen LogP contribution in [0.2, 0.25) is 0 Å². The van der Waals surface area contributed by atoms with Crippen molar-refractivity contribution in [3.8, 4) is 0 Å². The van der Waals surface area contributed by atoms with Crippen molar-refractivity contribution in [2.24, 2.45) is 0 Å². The Morgan fingerprint density at radius 3 is 2.49 bits per heavy atom. The lowest BCUT2D eigenvalue weighted by atomic mass is 9.87. The molecule has 0 aliphatic carbocycles. The van der Waals surface area contributed by atoms with Gasteiger partial charge in [-0.05, 0) is 87.6 Å². The number of morpholine rings is 1. The molecule has 1 aromatic carbocycles. The van der Waals surface area contributed by atoms with Crippen molar-refractivity contribution < 1.29 is 14.6 Å². The second kappa shape index (κ2) is 14.0. The van der Waals surface area contributed by atoms with Crippen LogP contribution in [-0.2, 0) is 9.53 Å². The van der Waals surface area contributed by atoms with Crippen molar-refractivity contribution in [3.05, 3.63) is 63.9 Å². The number of piperidine rings is 1. The van der Waals surface area contributed by atoms with E-state index in [1.54, 1.807) is 0 Å². The quantitative estimate of drug-likeness (QED) is 0.331. The van der Waals surface area contributed by atoms with Crippen LogP contribution in [0.15, 0.2) is 47.1 Å².